The molecule has 4 unspecified atom stereocenters. The second kappa shape index (κ2) is 3.99. The molecule has 3 rings (SSSR count). The predicted molar refractivity (Wildman–Crippen MR) is 67.1 cm³/mol. The Morgan fingerprint density at radius 2 is 2.00 bits per heavy atom. The first-order chi connectivity index (χ1) is 7.68. The second-order valence-electron chi connectivity index (χ2n) is 6.87. The van der Waals surface area contributed by atoms with Gasteiger partial charge in [0.15, 0.2) is 0 Å². The van der Waals surface area contributed by atoms with Crippen molar-refractivity contribution >= 4 is 0 Å². The van der Waals surface area contributed by atoms with E-state index in [0.717, 1.165) is 17.8 Å². The molecule has 3 N–H and O–H groups in total. The lowest BCUT2D eigenvalue weighted by molar-refractivity contribution is 0.149. The van der Waals surface area contributed by atoms with Gasteiger partial charge in [0.25, 0.3) is 0 Å². The molecule has 0 amide bonds. The van der Waals surface area contributed by atoms with Crippen LogP contribution in [0.4, 0.5) is 0 Å². The Hall–Kier alpha value is -0.0800. The number of rotatable bonds is 4. The molecule has 3 fully saturated rings. The number of hydrogen-bond acceptors (Lipinski definition) is 2. The molecule has 2 nitrogen and oxygen atoms in total. The van der Waals surface area contributed by atoms with Crippen LogP contribution in [0.2, 0.25) is 0 Å². The number of hydrogen-bond donors (Lipinski definition) is 2. The van der Waals surface area contributed by atoms with Crippen LogP contribution in [0, 0.1) is 23.2 Å². The van der Waals surface area contributed by atoms with E-state index in [0.29, 0.717) is 11.5 Å². The molecule has 0 aromatic carbocycles. The molecule has 0 spiro atoms. The van der Waals surface area contributed by atoms with Gasteiger partial charge in [0.1, 0.15) is 0 Å². The number of fused-ring (bicyclic) bond motifs is 2. The molecule has 2 bridgehead atoms. The minimum atomic E-state index is 0.500. The Morgan fingerprint density at radius 3 is 2.56 bits per heavy atom. The van der Waals surface area contributed by atoms with Crippen LogP contribution in [-0.2, 0) is 0 Å². The van der Waals surface area contributed by atoms with E-state index in [1.807, 2.05) is 0 Å². The molecule has 3 aliphatic rings. The first-order valence-electron chi connectivity index (χ1n) is 7.14. The standard InChI is InChI=1S/C14H26N2/c1-14(5-2-6-14)9-16-8-12-10-3-4-11(7-10)13(12)15/h10-13,16H,2-9,15H2,1H3. The third kappa shape index (κ3) is 1.80. The number of nitrogens with two attached hydrogens (primary N) is 1. The molecule has 4 atom stereocenters. The van der Waals surface area contributed by atoms with E-state index in [9.17, 15) is 0 Å². The topological polar surface area (TPSA) is 38.0 Å². The molecule has 2 heteroatoms. The van der Waals surface area contributed by atoms with Crippen LogP contribution in [0.1, 0.15) is 45.4 Å². The summed E-state index contributed by atoms with van der Waals surface area (Å²) in [4.78, 5) is 0. The van der Waals surface area contributed by atoms with Gasteiger partial charge in [-0.25, -0.2) is 0 Å². The van der Waals surface area contributed by atoms with Gasteiger partial charge < -0.3 is 11.1 Å². The van der Waals surface area contributed by atoms with Crippen molar-refractivity contribution in [2.24, 2.45) is 28.9 Å². The lowest BCUT2D eigenvalue weighted by atomic mass is 9.70. The van der Waals surface area contributed by atoms with Crippen molar-refractivity contribution in [2.45, 2.75) is 51.5 Å². The Labute approximate surface area is 99.4 Å². The summed E-state index contributed by atoms with van der Waals surface area (Å²) in [5.41, 5.74) is 6.93. The maximum atomic E-state index is 6.32. The summed E-state index contributed by atoms with van der Waals surface area (Å²) in [5.74, 6) is 2.58. The number of nitrogens with one attached hydrogen (secondary N) is 1. The molecule has 3 saturated carbocycles. The fourth-order valence-electron chi connectivity index (χ4n) is 4.26. The van der Waals surface area contributed by atoms with E-state index >= 15 is 0 Å². The smallest absolute Gasteiger partial charge is 0.0110 e. The molecule has 0 aromatic heterocycles. The van der Waals surface area contributed by atoms with Gasteiger partial charge >= 0.3 is 0 Å². The minimum Gasteiger partial charge on any atom is -0.327 e. The van der Waals surface area contributed by atoms with Gasteiger partial charge in [-0.1, -0.05) is 13.3 Å². The maximum absolute atomic E-state index is 6.32. The molecule has 0 heterocycles. The lowest BCUT2D eigenvalue weighted by Gasteiger charge is -2.39. The Morgan fingerprint density at radius 1 is 1.25 bits per heavy atom. The maximum Gasteiger partial charge on any atom is 0.0110 e. The summed E-state index contributed by atoms with van der Waals surface area (Å²) in [6, 6.07) is 0.500. The monoisotopic (exact) mass is 222 g/mol. The average molecular weight is 222 g/mol. The third-order valence-electron chi connectivity index (χ3n) is 5.65. The van der Waals surface area contributed by atoms with Gasteiger partial charge in [0.2, 0.25) is 0 Å². The van der Waals surface area contributed by atoms with Crippen LogP contribution < -0.4 is 11.1 Å². The van der Waals surface area contributed by atoms with Gasteiger partial charge in [-0.15, -0.1) is 0 Å². The van der Waals surface area contributed by atoms with E-state index < -0.39 is 0 Å². The molecule has 92 valence electrons. The van der Waals surface area contributed by atoms with E-state index in [1.165, 1.54) is 51.6 Å². The van der Waals surface area contributed by atoms with Crippen LogP contribution in [0.25, 0.3) is 0 Å². The van der Waals surface area contributed by atoms with Gasteiger partial charge in [-0.3, -0.25) is 0 Å². The third-order valence-corrected chi connectivity index (χ3v) is 5.65. The molecule has 3 aliphatic carbocycles. The lowest BCUT2D eigenvalue weighted by Crippen LogP contribution is -2.44. The fourth-order valence-corrected chi connectivity index (χ4v) is 4.26. The van der Waals surface area contributed by atoms with Crippen molar-refractivity contribution < 1.29 is 0 Å². The molecule has 0 radical (unpaired) electrons. The van der Waals surface area contributed by atoms with Crippen molar-refractivity contribution in [3.05, 3.63) is 0 Å². The zero-order valence-electron chi connectivity index (χ0n) is 10.5. The van der Waals surface area contributed by atoms with Gasteiger partial charge in [-0.05, 0) is 61.8 Å². The summed E-state index contributed by atoms with van der Waals surface area (Å²) in [6.45, 7) is 4.82. The Kier molecular flexibility index (Phi) is 2.75. The van der Waals surface area contributed by atoms with Crippen LogP contribution in [0.3, 0.4) is 0 Å². The van der Waals surface area contributed by atoms with Crippen molar-refractivity contribution in [3.63, 3.8) is 0 Å². The molecule has 16 heavy (non-hydrogen) atoms. The highest BCUT2D eigenvalue weighted by molar-refractivity contribution is 4.99. The van der Waals surface area contributed by atoms with Crippen molar-refractivity contribution in [2.75, 3.05) is 13.1 Å². The summed E-state index contributed by atoms with van der Waals surface area (Å²) >= 11 is 0. The van der Waals surface area contributed by atoms with E-state index in [4.69, 9.17) is 5.73 Å². The SMILES string of the molecule is CC1(CNCC2C3CCC(C3)C2N)CCC1. The van der Waals surface area contributed by atoms with Crippen LogP contribution >= 0.6 is 0 Å². The summed E-state index contributed by atoms with van der Waals surface area (Å²) < 4.78 is 0. The van der Waals surface area contributed by atoms with Crippen molar-refractivity contribution in [1.82, 2.24) is 5.32 Å². The summed E-state index contributed by atoms with van der Waals surface area (Å²) in [6.07, 6.45) is 8.55. The van der Waals surface area contributed by atoms with Crippen LogP contribution in [-0.4, -0.2) is 19.1 Å². The highest BCUT2D eigenvalue weighted by atomic mass is 14.9. The molecular formula is C14H26N2. The average Bonchev–Trinajstić information content (AvgIpc) is 2.79. The van der Waals surface area contributed by atoms with Crippen LogP contribution in [0.5, 0.6) is 0 Å². The summed E-state index contributed by atoms with van der Waals surface area (Å²) in [5, 5.41) is 3.71. The quantitative estimate of drug-likeness (QED) is 0.765. The minimum absolute atomic E-state index is 0.500. The highest BCUT2D eigenvalue weighted by Gasteiger charge is 2.45. The summed E-state index contributed by atoms with van der Waals surface area (Å²) in [7, 11) is 0. The normalized spacial score (nSPS) is 44.6. The Balaban J connectivity index is 1.45. The molecule has 0 aliphatic heterocycles. The van der Waals surface area contributed by atoms with Gasteiger partial charge in [0, 0.05) is 12.6 Å². The first kappa shape index (κ1) is 11.0. The first-order valence-corrected chi connectivity index (χ1v) is 7.14. The van der Waals surface area contributed by atoms with Crippen molar-refractivity contribution in [1.29, 1.82) is 0 Å². The van der Waals surface area contributed by atoms with Crippen LogP contribution in [0.15, 0.2) is 0 Å². The van der Waals surface area contributed by atoms with Gasteiger partial charge in [0.05, 0.1) is 0 Å². The largest absolute Gasteiger partial charge is 0.327 e. The molecule has 0 aromatic rings. The predicted octanol–water partition coefficient (Wildman–Crippen LogP) is 2.14. The van der Waals surface area contributed by atoms with Crippen molar-refractivity contribution in [3.8, 4) is 0 Å². The Bertz CT molecular complexity index is 257. The fraction of sp³-hybridized carbons (Fsp3) is 1.00. The van der Waals surface area contributed by atoms with Gasteiger partial charge in [-0.2, -0.15) is 0 Å². The van der Waals surface area contributed by atoms with E-state index in [2.05, 4.69) is 12.2 Å². The van der Waals surface area contributed by atoms with E-state index in [1.54, 1.807) is 0 Å². The highest BCUT2D eigenvalue weighted by Crippen LogP contribution is 2.47. The second-order valence-corrected chi connectivity index (χ2v) is 6.87. The molecule has 0 saturated heterocycles. The zero-order valence-corrected chi connectivity index (χ0v) is 10.5. The molecular weight excluding hydrogens is 196 g/mol. The zero-order chi connectivity index (χ0) is 11.2. The van der Waals surface area contributed by atoms with E-state index in [-0.39, 0.29) is 0 Å².